The number of halogens is 1. The molecule has 32 heavy (non-hydrogen) atoms. The van der Waals surface area contributed by atoms with Crippen molar-refractivity contribution >= 4 is 41.0 Å². The Morgan fingerprint density at radius 2 is 1.81 bits per heavy atom. The number of hydrogen-bond acceptors (Lipinski definition) is 7. The van der Waals surface area contributed by atoms with Gasteiger partial charge in [0, 0.05) is 19.1 Å². The fraction of sp³-hybridized carbons (Fsp3) is 0.857. The monoisotopic (exact) mass is 603 g/mol. The number of ether oxygens (including phenoxy) is 1. The van der Waals surface area contributed by atoms with E-state index >= 15 is 0 Å². The van der Waals surface area contributed by atoms with Gasteiger partial charge in [0.05, 0.1) is 41.4 Å². The molecule has 0 aromatic carbocycles. The second-order valence-corrected chi connectivity index (χ2v) is 17.5. The summed E-state index contributed by atoms with van der Waals surface area (Å²) >= 11 is 2.28. The molecule has 0 fully saturated rings. The van der Waals surface area contributed by atoms with Gasteiger partial charge in [-0.1, -0.05) is 20.8 Å². The zero-order valence-corrected chi connectivity index (χ0v) is 25.3. The van der Waals surface area contributed by atoms with E-state index in [1.807, 2.05) is 11.6 Å². The van der Waals surface area contributed by atoms with E-state index in [0.29, 0.717) is 38.7 Å². The molecule has 0 N–H and O–H groups in total. The van der Waals surface area contributed by atoms with Gasteiger partial charge in [-0.2, -0.15) is 8.42 Å². The fourth-order valence-electron chi connectivity index (χ4n) is 2.93. The second kappa shape index (κ2) is 12.0. The third kappa shape index (κ3) is 9.20. The van der Waals surface area contributed by atoms with Crippen molar-refractivity contribution in [2.45, 2.75) is 91.8 Å². The molecular weight excluding hydrogens is 561 g/mol. The first-order valence-corrected chi connectivity index (χ1v) is 16.9. The van der Waals surface area contributed by atoms with Crippen LogP contribution in [0.2, 0.25) is 18.1 Å². The van der Waals surface area contributed by atoms with Crippen LogP contribution in [0.15, 0.2) is 0 Å². The maximum atomic E-state index is 11.5. The lowest BCUT2D eigenvalue weighted by Crippen LogP contribution is -2.41. The normalized spacial score (nSPS) is 14.4. The Bertz CT molecular complexity index is 837. The molecule has 0 aliphatic rings. The number of rotatable bonds is 13. The van der Waals surface area contributed by atoms with Gasteiger partial charge in [-0.15, -0.1) is 5.10 Å². The topological polar surface area (TPSA) is 82.9 Å². The summed E-state index contributed by atoms with van der Waals surface area (Å²) in [5.74, 6) is 0.625. The van der Waals surface area contributed by atoms with Gasteiger partial charge in [-0.05, 0) is 68.4 Å². The highest BCUT2D eigenvalue weighted by Gasteiger charge is 2.37. The van der Waals surface area contributed by atoms with Gasteiger partial charge >= 0.3 is 0 Å². The van der Waals surface area contributed by atoms with Crippen LogP contribution in [0.3, 0.4) is 0 Å². The number of hydrogen-bond donors (Lipinski definition) is 0. The van der Waals surface area contributed by atoms with Crippen molar-refractivity contribution in [2.24, 2.45) is 0 Å². The third-order valence-electron chi connectivity index (χ3n) is 5.73. The Morgan fingerprint density at radius 1 is 1.22 bits per heavy atom. The molecular formula is C21H42IN3O5SSi. The van der Waals surface area contributed by atoms with E-state index in [9.17, 15) is 8.42 Å². The number of nitrogens with zero attached hydrogens (tertiary/aromatic N) is 3. The minimum absolute atomic E-state index is 0.148. The minimum Gasteiger partial charge on any atom is -0.476 e. The van der Waals surface area contributed by atoms with Crippen LogP contribution in [0.25, 0.3) is 0 Å². The summed E-state index contributed by atoms with van der Waals surface area (Å²) in [7, 11) is -5.35. The summed E-state index contributed by atoms with van der Waals surface area (Å²) in [6.45, 7) is 21.9. The van der Waals surface area contributed by atoms with Crippen LogP contribution >= 0.6 is 22.6 Å². The molecule has 0 aliphatic carbocycles. The van der Waals surface area contributed by atoms with Gasteiger partial charge in [-0.25, -0.2) is 0 Å². The molecule has 0 aliphatic heterocycles. The van der Waals surface area contributed by atoms with Crippen LogP contribution in [0.5, 0.6) is 5.88 Å². The van der Waals surface area contributed by atoms with E-state index in [0.717, 1.165) is 15.5 Å². The first kappa shape index (κ1) is 29.8. The van der Waals surface area contributed by atoms with Crippen LogP contribution in [0.1, 0.15) is 54.2 Å². The van der Waals surface area contributed by atoms with E-state index in [2.05, 4.69) is 75.2 Å². The molecule has 0 unspecified atom stereocenters. The van der Waals surface area contributed by atoms with E-state index in [4.69, 9.17) is 18.4 Å². The Kier molecular flexibility index (Phi) is 11.1. The first-order valence-electron chi connectivity index (χ1n) is 11.1. The van der Waals surface area contributed by atoms with Crippen LogP contribution in [-0.2, 0) is 31.8 Å². The Labute approximate surface area is 209 Å². The molecule has 1 atom stereocenters. The maximum absolute atomic E-state index is 11.5. The van der Waals surface area contributed by atoms with Gasteiger partial charge in [0.15, 0.2) is 8.32 Å². The summed E-state index contributed by atoms with van der Waals surface area (Å²) < 4.78 is 43.3. The van der Waals surface area contributed by atoms with Crippen molar-refractivity contribution in [1.29, 1.82) is 0 Å². The molecule has 8 nitrogen and oxygen atoms in total. The smallest absolute Gasteiger partial charge is 0.264 e. The van der Waals surface area contributed by atoms with Crippen LogP contribution in [-0.4, -0.2) is 69.6 Å². The summed E-state index contributed by atoms with van der Waals surface area (Å²) in [4.78, 5) is 2.19. The van der Waals surface area contributed by atoms with E-state index < -0.39 is 24.5 Å². The van der Waals surface area contributed by atoms with Crippen molar-refractivity contribution < 1.29 is 21.8 Å². The average molecular weight is 604 g/mol. The molecule has 0 amide bonds. The van der Waals surface area contributed by atoms with Gasteiger partial charge < -0.3 is 9.16 Å². The standard InChI is InChI=1S/C21H42IN3O5SSi/c1-11-28-20-19(22)18(15-24(16(2)3)14-17(4)30-31(8,26)27)25(23-20)12-13-29-32(9,10)21(5,6)7/h16-17H,11-15H2,1-10H3/t17-/m1/s1. The highest BCUT2D eigenvalue weighted by Crippen LogP contribution is 2.36. The van der Waals surface area contributed by atoms with Crippen LogP contribution in [0, 0.1) is 3.57 Å². The Hall–Kier alpha value is -0.213. The number of aromatic nitrogens is 2. The van der Waals surface area contributed by atoms with Crippen molar-refractivity contribution in [3.8, 4) is 5.88 Å². The third-order valence-corrected chi connectivity index (χ3v) is 12.0. The molecule has 0 bridgehead atoms. The first-order chi connectivity index (χ1) is 14.5. The van der Waals surface area contributed by atoms with Crippen LogP contribution in [0.4, 0.5) is 0 Å². The van der Waals surface area contributed by atoms with Crippen molar-refractivity contribution in [2.75, 3.05) is 26.0 Å². The van der Waals surface area contributed by atoms with E-state index in [1.165, 1.54) is 0 Å². The lowest BCUT2D eigenvalue weighted by Gasteiger charge is -2.36. The van der Waals surface area contributed by atoms with Crippen molar-refractivity contribution in [3.63, 3.8) is 0 Å². The van der Waals surface area contributed by atoms with Gasteiger partial charge in [0.25, 0.3) is 10.1 Å². The summed E-state index contributed by atoms with van der Waals surface area (Å²) in [6.07, 6.45) is 0.632. The van der Waals surface area contributed by atoms with E-state index in [1.54, 1.807) is 6.92 Å². The quantitative estimate of drug-likeness (QED) is 0.187. The summed E-state index contributed by atoms with van der Waals surface area (Å²) in [6, 6.07) is 0.193. The van der Waals surface area contributed by atoms with E-state index in [-0.39, 0.29) is 11.1 Å². The Morgan fingerprint density at radius 3 is 2.28 bits per heavy atom. The summed E-state index contributed by atoms with van der Waals surface area (Å²) in [5.41, 5.74) is 1.04. The molecule has 1 aromatic rings. The molecule has 188 valence electrons. The molecule has 1 heterocycles. The van der Waals surface area contributed by atoms with Gasteiger partial charge in [-0.3, -0.25) is 13.8 Å². The van der Waals surface area contributed by atoms with Crippen LogP contribution < -0.4 is 4.74 Å². The maximum Gasteiger partial charge on any atom is 0.264 e. The lowest BCUT2D eigenvalue weighted by molar-refractivity contribution is 0.120. The molecule has 11 heteroatoms. The lowest BCUT2D eigenvalue weighted by atomic mass is 10.2. The highest BCUT2D eigenvalue weighted by atomic mass is 127. The SMILES string of the molecule is CCOc1nn(CCO[Si](C)(C)C(C)(C)C)c(CN(C[C@@H](C)OS(C)(=O)=O)C(C)C)c1I. The zero-order valence-electron chi connectivity index (χ0n) is 21.4. The largest absolute Gasteiger partial charge is 0.476 e. The van der Waals surface area contributed by atoms with Crippen molar-refractivity contribution in [1.82, 2.24) is 14.7 Å². The predicted octanol–water partition coefficient (Wildman–Crippen LogP) is 4.48. The molecule has 0 spiro atoms. The average Bonchev–Trinajstić information content (AvgIpc) is 2.87. The van der Waals surface area contributed by atoms with Gasteiger partial charge in [0.1, 0.15) is 0 Å². The summed E-state index contributed by atoms with van der Waals surface area (Å²) in [5, 5.41) is 4.85. The zero-order chi connectivity index (χ0) is 24.9. The molecule has 0 saturated carbocycles. The molecule has 1 aromatic heterocycles. The highest BCUT2D eigenvalue weighted by molar-refractivity contribution is 14.1. The Balaban J connectivity index is 3.07. The second-order valence-electron chi connectivity index (χ2n) is 9.96. The van der Waals surface area contributed by atoms with Crippen molar-refractivity contribution in [3.05, 3.63) is 9.26 Å². The molecule has 1 rings (SSSR count). The minimum atomic E-state index is -3.50. The molecule has 0 radical (unpaired) electrons. The van der Waals surface area contributed by atoms with Gasteiger partial charge in [0.2, 0.25) is 5.88 Å². The predicted molar refractivity (Wildman–Crippen MR) is 140 cm³/mol. The molecule has 0 saturated heterocycles. The fourth-order valence-corrected chi connectivity index (χ4v) is 5.33.